The molecular formula is C25H28N2O4S. The molecule has 32 heavy (non-hydrogen) atoms. The van der Waals surface area contributed by atoms with Gasteiger partial charge in [0, 0.05) is 11.3 Å². The predicted octanol–water partition coefficient (Wildman–Crippen LogP) is 4.53. The summed E-state index contributed by atoms with van der Waals surface area (Å²) in [5.41, 5.74) is 4.25. The maximum atomic E-state index is 13.0. The molecule has 168 valence electrons. The van der Waals surface area contributed by atoms with Crippen molar-refractivity contribution < 1.29 is 17.9 Å². The average molecular weight is 453 g/mol. The normalized spacial score (nSPS) is 11.1. The van der Waals surface area contributed by atoms with E-state index in [1.807, 2.05) is 51.1 Å². The first-order valence-corrected chi connectivity index (χ1v) is 11.8. The Morgan fingerprint density at radius 2 is 1.56 bits per heavy atom. The number of para-hydroxylation sites is 1. The van der Waals surface area contributed by atoms with Crippen LogP contribution >= 0.6 is 0 Å². The molecule has 0 bridgehead atoms. The predicted molar refractivity (Wildman–Crippen MR) is 127 cm³/mol. The summed E-state index contributed by atoms with van der Waals surface area (Å²) in [6, 6.07) is 17.8. The highest BCUT2D eigenvalue weighted by molar-refractivity contribution is 7.92. The summed E-state index contributed by atoms with van der Waals surface area (Å²) < 4.78 is 34.3. The molecule has 6 nitrogen and oxygen atoms in total. The second-order valence-electron chi connectivity index (χ2n) is 7.83. The van der Waals surface area contributed by atoms with E-state index in [1.54, 1.807) is 31.2 Å². The summed E-state index contributed by atoms with van der Waals surface area (Å²) in [7, 11) is -3.85. The van der Waals surface area contributed by atoms with E-state index in [1.165, 1.54) is 6.07 Å². The molecule has 0 saturated heterocycles. The molecule has 2 N–H and O–H groups in total. The van der Waals surface area contributed by atoms with Crippen LogP contribution in [0.3, 0.4) is 0 Å². The molecule has 0 aliphatic rings. The van der Waals surface area contributed by atoms with Crippen LogP contribution in [-0.2, 0) is 10.0 Å². The Bertz CT molecular complexity index is 1220. The van der Waals surface area contributed by atoms with Crippen LogP contribution < -0.4 is 14.8 Å². The van der Waals surface area contributed by atoms with Gasteiger partial charge < -0.3 is 10.1 Å². The highest BCUT2D eigenvalue weighted by Gasteiger charge is 2.19. The van der Waals surface area contributed by atoms with Gasteiger partial charge in [0.05, 0.1) is 11.4 Å². The first kappa shape index (κ1) is 23.3. The van der Waals surface area contributed by atoms with Crippen molar-refractivity contribution in [3.63, 3.8) is 0 Å². The van der Waals surface area contributed by atoms with Crippen molar-refractivity contribution in [3.8, 4) is 5.75 Å². The maximum Gasteiger partial charge on any atom is 0.262 e. The molecule has 3 aromatic carbocycles. The van der Waals surface area contributed by atoms with E-state index in [4.69, 9.17) is 4.74 Å². The fourth-order valence-electron chi connectivity index (χ4n) is 3.42. The number of nitrogens with one attached hydrogen (secondary N) is 2. The number of carbonyl (C=O) groups excluding carboxylic acids is 1. The zero-order valence-corrected chi connectivity index (χ0v) is 19.5. The molecule has 0 saturated carbocycles. The zero-order valence-electron chi connectivity index (χ0n) is 18.7. The molecule has 0 fully saturated rings. The van der Waals surface area contributed by atoms with Crippen molar-refractivity contribution >= 4 is 21.6 Å². The van der Waals surface area contributed by atoms with Crippen LogP contribution in [0, 0.1) is 27.7 Å². The van der Waals surface area contributed by atoms with Crippen molar-refractivity contribution in [2.75, 3.05) is 17.9 Å². The van der Waals surface area contributed by atoms with Gasteiger partial charge in [-0.1, -0.05) is 30.3 Å². The van der Waals surface area contributed by atoms with Gasteiger partial charge in [-0.25, -0.2) is 8.42 Å². The fourth-order valence-corrected chi connectivity index (χ4v) is 4.73. The van der Waals surface area contributed by atoms with E-state index in [2.05, 4.69) is 10.0 Å². The smallest absolute Gasteiger partial charge is 0.262 e. The minimum atomic E-state index is -3.85. The van der Waals surface area contributed by atoms with Crippen molar-refractivity contribution in [2.45, 2.75) is 32.6 Å². The van der Waals surface area contributed by atoms with Gasteiger partial charge >= 0.3 is 0 Å². The Hall–Kier alpha value is -3.32. The lowest BCUT2D eigenvalue weighted by Crippen LogP contribution is -2.28. The van der Waals surface area contributed by atoms with Crippen LogP contribution in [0.2, 0.25) is 0 Å². The van der Waals surface area contributed by atoms with E-state index < -0.39 is 10.0 Å². The third kappa shape index (κ3) is 5.88. The highest BCUT2D eigenvalue weighted by atomic mass is 32.2. The number of benzene rings is 3. The Labute approximate surface area is 189 Å². The van der Waals surface area contributed by atoms with Crippen molar-refractivity contribution in [3.05, 3.63) is 88.5 Å². The molecule has 0 aliphatic heterocycles. The molecule has 0 atom stereocenters. The quantitative estimate of drug-likeness (QED) is 0.492. The molecule has 0 heterocycles. The molecule has 1 amide bonds. The van der Waals surface area contributed by atoms with E-state index in [9.17, 15) is 13.2 Å². The third-order valence-electron chi connectivity index (χ3n) is 4.95. The molecule has 0 aliphatic carbocycles. The van der Waals surface area contributed by atoms with Crippen LogP contribution in [-0.4, -0.2) is 27.5 Å². The average Bonchev–Trinajstić information content (AvgIpc) is 2.71. The summed E-state index contributed by atoms with van der Waals surface area (Å²) in [6.45, 7) is 8.07. The molecule has 3 aromatic rings. The first-order chi connectivity index (χ1) is 15.2. The van der Waals surface area contributed by atoms with Gasteiger partial charge in [0.25, 0.3) is 15.9 Å². The van der Waals surface area contributed by atoms with E-state index in [0.717, 1.165) is 22.4 Å². The number of sulfonamides is 1. The second kappa shape index (κ2) is 9.87. The summed E-state index contributed by atoms with van der Waals surface area (Å²) in [6.07, 6.45) is 0. The number of hydrogen-bond acceptors (Lipinski definition) is 4. The molecule has 3 rings (SSSR count). The number of rotatable bonds is 8. The molecule has 0 unspecified atom stereocenters. The number of carbonyl (C=O) groups is 1. The van der Waals surface area contributed by atoms with Crippen molar-refractivity contribution in [2.24, 2.45) is 0 Å². The summed E-state index contributed by atoms with van der Waals surface area (Å²) in [4.78, 5) is 12.6. The van der Waals surface area contributed by atoms with E-state index >= 15 is 0 Å². The third-order valence-corrected chi connectivity index (χ3v) is 6.48. The summed E-state index contributed by atoms with van der Waals surface area (Å²) >= 11 is 0. The van der Waals surface area contributed by atoms with Gasteiger partial charge in [-0.2, -0.15) is 0 Å². The summed E-state index contributed by atoms with van der Waals surface area (Å²) in [5, 5.41) is 2.77. The molecule has 0 spiro atoms. The Balaban J connectivity index is 1.68. The Morgan fingerprint density at radius 1 is 0.875 bits per heavy atom. The van der Waals surface area contributed by atoms with Crippen LogP contribution in [0.1, 0.15) is 32.6 Å². The van der Waals surface area contributed by atoms with Gasteiger partial charge in [0.15, 0.2) is 0 Å². The van der Waals surface area contributed by atoms with Crippen molar-refractivity contribution in [1.29, 1.82) is 0 Å². The van der Waals surface area contributed by atoms with Gasteiger partial charge in [-0.05, 0) is 80.3 Å². The minimum absolute atomic E-state index is 0.0699. The SMILES string of the molecule is Cc1cc(C)cc(NS(=O)(=O)c2cc(C(=O)NCCOc3ccccc3C)ccc2C)c1. The van der Waals surface area contributed by atoms with Crippen molar-refractivity contribution in [1.82, 2.24) is 5.32 Å². The molecular weight excluding hydrogens is 424 g/mol. The van der Waals surface area contributed by atoms with Crippen LogP contribution in [0.5, 0.6) is 5.75 Å². The second-order valence-corrected chi connectivity index (χ2v) is 9.48. The number of anilines is 1. The lowest BCUT2D eigenvalue weighted by atomic mass is 10.1. The lowest BCUT2D eigenvalue weighted by molar-refractivity contribution is 0.0946. The van der Waals surface area contributed by atoms with Gasteiger partial charge in [-0.15, -0.1) is 0 Å². The Kier molecular flexibility index (Phi) is 7.20. The zero-order chi connectivity index (χ0) is 23.3. The molecule has 0 radical (unpaired) electrons. The highest BCUT2D eigenvalue weighted by Crippen LogP contribution is 2.22. The maximum absolute atomic E-state index is 13.0. The number of aryl methyl sites for hydroxylation is 4. The van der Waals surface area contributed by atoms with Gasteiger partial charge in [0.1, 0.15) is 12.4 Å². The minimum Gasteiger partial charge on any atom is -0.491 e. The largest absolute Gasteiger partial charge is 0.491 e. The fraction of sp³-hybridized carbons (Fsp3) is 0.240. The number of hydrogen-bond donors (Lipinski definition) is 2. The van der Waals surface area contributed by atoms with Gasteiger partial charge in [0.2, 0.25) is 0 Å². The lowest BCUT2D eigenvalue weighted by Gasteiger charge is -2.13. The number of ether oxygens (including phenoxy) is 1. The first-order valence-electron chi connectivity index (χ1n) is 10.3. The van der Waals surface area contributed by atoms with E-state index in [0.29, 0.717) is 24.4 Å². The molecule has 7 heteroatoms. The van der Waals surface area contributed by atoms with Crippen LogP contribution in [0.15, 0.2) is 65.6 Å². The standard InChI is InChI=1S/C25H28N2O4S/c1-17-13-18(2)15-22(14-17)27-32(29,30)24-16-21(10-9-20(24)4)25(28)26-11-12-31-23-8-6-5-7-19(23)3/h5-10,13-16,27H,11-12H2,1-4H3,(H,26,28). The monoisotopic (exact) mass is 452 g/mol. The summed E-state index contributed by atoms with van der Waals surface area (Å²) in [5.74, 6) is 0.407. The van der Waals surface area contributed by atoms with Crippen LogP contribution in [0.25, 0.3) is 0 Å². The van der Waals surface area contributed by atoms with Crippen LogP contribution in [0.4, 0.5) is 5.69 Å². The molecule has 0 aromatic heterocycles. The Morgan fingerprint density at radius 3 is 2.25 bits per heavy atom. The van der Waals surface area contributed by atoms with Gasteiger partial charge in [-0.3, -0.25) is 9.52 Å². The topological polar surface area (TPSA) is 84.5 Å². The van der Waals surface area contributed by atoms with E-state index in [-0.39, 0.29) is 16.4 Å². The number of amides is 1.